The molecule has 1 aromatic heterocycles. The zero-order chi connectivity index (χ0) is 28.3. The van der Waals surface area contributed by atoms with Crippen molar-refractivity contribution in [2.24, 2.45) is 0 Å². The molecule has 1 amide bonds. The van der Waals surface area contributed by atoms with Crippen molar-refractivity contribution in [2.45, 2.75) is 11.8 Å². The molecule has 218 valence electrons. The first kappa shape index (κ1) is 30.5. The molecule has 0 unspecified atom stereocenters. The third kappa shape index (κ3) is 7.07. The van der Waals surface area contributed by atoms with Crippen LogP contribution in [0.1, 0.15) is 15.9 Å². The molecule has 2 heterocycles. The van der Waals surface area contributed by atoms with Crippen LogP contribution in [0.15, 0.2) is 65.6 Å². The number of ether oxygens (including phenoxy) is 1. The van der Waals surface area contributed by atoms with E-state index in [-0.39, 0.29) is 28.9 Å². The van der Waals surface area contributed by atoms with Gasteiger partial charge in [-0.3, -0.25) is 14.4 Å². The summed E-state index contributed by atoms with van der Waals surface area (Å²) in [7, 11) is -2.25. The number of anilines is 2. The number of halogens is 2. The van der Waals surface area contributed by atoms with Gasteiger partial charge >= 0.3 is 0 Å². The maximum Gasteiger partial charge on any atom is 0.261 e. The highest BCUT2D eigenvalue weighted by Gasteiger charge is 2.21. The standard InChI is InChI=1S/C28H30FN5O4S2.ClH/c1-19-6-11-24(38-2)25-26(19)39-28(31-25)34-16-14-33(15-17-34)13-12-30-27(35)20-4-3-5-22(18-20)32-40(36,37)23-9-7-21(29)8-10-23;/h3-11,18,32H,12-17H2,1-2H3,(H,30,35);1H. The number of aromatic nitrogens is 1. The van der Waals surface area contributed by atoms with Crippen LogP contribution >= 0.6 is 23.7 Å². The Morgan fingerprint density at radius 1 is 1.07 bits per heavy atom. The Morgan fingerprint density at radius 2 is 1.80 bits per heavy atom. The van der Waals surface area contributed by atoms with Crippen molar-refractivity contribution in [3.63, 3.8) is 0 Å². The van der Waals surface area contributed by atoms with Crippen molar-refractivity contribution in [3.8, 4) is 5.75 Å². The molecule has 0 bridgehead atoms. The lowest BCUT2D eigenvalue weighted by molar-refractivity contribution is 0.0947. The zero-order valence-electron chi connectivity index (χ0n) is 22.6. The summed E-state index contributed by atoms with van der Waals surface area (Å²) in [5.41, 5.74) is 2.67. The number of carbonyl (C=O) groups is 1. The second-order valence-electron chi connectivity index (χ2n) is 9.48. The molecule has 2 N–H and O–H groups in total. The summed E-state index contributed by atoms with van der Waals surface area (Å²) < 4.78 is 47.4. The van der Waals surface area contributed by atoms with Crippen molar-refractivity contribution >= 4 is 60.7 Å². The number of thiazole rings is 1. The maximum atomic E-state index is 13.2. The molecule has 0 atom stereocenters. The minimum absolute atomic E-state index is 0. The van der Waals surface area contributed by atoms with E-state index in [9.17, 15) is 17.6 Å². The van der Waals surface area contributed by atoms with Crippen molar-refractivity contribution in [1.82, 2.24) is 15.2 Å². The highest BCUT2D eigenvalue weighted by molar-refractivity contribution is 7.92. The van der Waals surface area contributed by atoms with Crippen LogP contribution in [0.5, 0.6) is 5.75 Å². The van der Waals surface area contributed by atoms with Crippen LogP contribution in [0.2, 0.25) is 0 Å². The average Bonchev–Trinajstić information content (AvgIpc) is 3.40. The van der Waals surface area contributed by atoms with Gasteiger partial charge in [0.15, 0.2) is 5.13 Å². The van der Waals surface area contributed by atoms with Crippen molar-refractivity contribution in [2.75, 3.05) is 56.0 Å². The van der Waals surface area contributed by atoms with Crippen LogP contribution in [0.4, 0.5) is 15.2 Å². The molecule has 1 aliphatic rings. The number of methoxy groups -OCH3 is 1. The van der Waals surface area contributed by atoms with Crippen LogP contribution < -0.4 is 19.7 Å². The highest BCUT2D eigenvalue weighted by Crippen LogP contribution is 2.36. The molecule has 1 saturated heterocycles. The Hall–Kier alpha value is -3.45. The fourth-order valence-corrected chi connectivity index (χ4v) is 6.70. The highest BCUT2D eigenvalue weighted by atomic mass is 35.5. The van der Waals surface area contributed by atoms with Crippen LogP contribution in [-0.2, 0) is 10.0 Å². The number of nitrogens with zero attached hydrogens (tertiary/aromatic N) is 3. The number of nitrogens with one attached hydrogen (secondary N) is 2. The van der Waals surface area contributed by atoms with Gasteiger partial charge in [-0.2, -0.15) is 0 Å². The monoisotopic (exact) mass is 619 g/mol. The quantitative estimate of drug-likeness (QED) is 0.284. The first-order valence-corrected chi connectivity index (χ1v) is 15.1. The van der Waals surface area contributed by atoms with E-state index >= 15 is 0 Å². The number of hydrogen-bond donors (Lipinski definition) is 2. The average molecular weight is 620 g/mol. The van der Waals surface area contributed by atoms with E-state index in [1.54, 1.807) is 36.6 Å². The van der Waals surface area contributed by atoms with Gasteiger partial charge < -0.3 is 15.0 Å². The van der Waals surface area contributed by atoms with E-state index in [0.717, 1.165) is 59.4 Å². The summed E-state index contributed by atoms with van der Waals surface area (Å²) in [5, 5.41) is 3.91. The normalized spacial score (nSPS) is 14.0. The predicted octanol–water partition coefficient (Wildman–Crippen LogP) is 4.53. The number of carbonyl (C=O) groups excluding carboxylic acids is 1. The van der Waals surface area contributed by atoms with Crippen molar-refractivity contribution in [3.05, 3.63) is 77.6 Å². The second kappa shape index (κ2) is 13.0. The van der Waals surface area contributed by atoms with Crippen LogP contribution in [0, 0.1) is 12.7 Å². The number of benzene rings is 3. The van der Waals surface area contributed by atoms with Crippen molar-refractivity contribution in [1.29, 1.82) is 0 Å². The summed E-state index contributed by atoms with van der Waals surface area (Å²) in [6, 6.07) is 14.8. The maximum absolute atomic E-state index is 13.2. The fraction of sp³-hybridized carbons (Fsp3) is 0.286. The molecule has 41 heavy (non-hydrogen) atoms. The SMILES string of the molecule is COc1ccc(C)c2sc(N3CCN(CCNC(=O)c4cccc(NS(=O)(=O)c5ccc(F)cc5)c4)CC3)nc12.Cl. The van der Waals surface area contributed by atoms with Gasteiger partial charge in [0.1, 0.15) is 17.1 Å². The third-order valence-electron chi connectivity index (χ3n) is 6.77. The Labute approximate surface area is 248 Å². The molecule has 0 aliphatic carbocycles. The molecule has 9 nitrogen and oxygen atoms in total. The fourth-order valence-electron chi connectivity index (χ4n) is 4.54. The van der Waals surface area contributed by atoms with Gasteiger partial charge in [-0.15, -0.1) is 12.4 Å². The lowest BCUT2D eigenvalue weighted by Crippen LogP contribution is -2.48. The number of hydrogen-bond acceptors (Lipinski definition) is 8. The number of piperazine rings is 1. The summed E-state index contributed by atoms with van der Waals surface area (Å²) in [6.45, 7) is 6.62. The number of rotatable bonds is 9. The topological polar surface area (TPSA) is 104 Å². The van der Waals surface area contributed by atoms with Crippen LogP contribution in [0.25, 0.3) is 10.2 Å². The smallest absolute Gasteiger partial charge is 0.261 e. The van der Waals surface area contributed by atoms with E-state index in [0.29, 0.717) is 18.7 Å². The Bertz CT molecular complexity index is 1620. The molecule has 0 spiro atoms. The van der Waals surface area contributed by atoms with Gasteiger partial charge in [0.25, 0.3) is 15.9 Å². The van der Waals surface area contributed by atoms with Crippen LogP contribution in [0.3, 0.4) is 0 Å². The summed E-state index contributed by atoms with van der Waals surface area (Å²) in [4.78, 5) is 22.1. The molecular formula is C28H31ClFN5O4S2. The molecule has 0 radical (unpaired) electrons. The molecule has 0 saturated carbocycles. The zero-order valence-corrected chi connectivity index (χ0v) is 25.0. The molecule has 5 rings (SSSR count). The summed E-state index contributed by atoms with van der Waals surface area (Å²) in [5.74, 6) is -0.0302. The minimum atomic E-state index is -3.91. The van der Waals surface area contributed by atoms with E-state index in [1.807, 2.05) is 6.07 Å². The Kier molecular flexibility index (Phi) is 9.69. The lowest BCUT2D eigenvalue weighted by atomic mass is 10.2. The summed E-state index contributed by atoms with van der Waals surface area (Å²) in [6.07, 6.45) is 0. The molecule has 13 heteroatoms. The number of fused-ring (bicyclic) bond motifs is 1. The van der Waals surface area contributed by atoms with Gasteiger partial charge in [0, 0.05) is 50.5 Å². The number of amides is 1. The number of sulfonamides is 1. The lowest BCUT2D eigenvalue weighted by Gasteiger charge is -2.34. The van der Waals surface area contributed by atoms with E-state index in [4.69, 9.17) is 9.72 Å². The van der Waals surface area contributed by atoms with Gasteiger partial charge in [-0.05, 0) is 61.0 Å². The Morgan fingerprint density at radius 3 is 2.51 bits per heavy atom. The molecular weight excluding hydrogens is 589 g/mol. The van der Waals surface area contributed by atoms with Gasteiger partial charge in [0.2, 0.25) is 0 Å². The summed E-state index contributed by atoms with van der Waals surface area (Å²) >= 11 is 1.69. The Balaban J connectivity index is 0.00000387. The van der Waals surface area contributed by atoms with E-state index in [1.165, 1.54) is 23.8 Å². The largest absolute Gasteiger partial charge is 0.494 e. The molecule has 1 fully saturated rings. The third-order valence-corrected chi connectivity index (χ3v) is 9.42. The van der Waals surface area contributed by atoms with Crippen LogP contribution in [-0.4, -0.2) is 70.6 Å². The first-order chi connectivity index (χ1) is 19.2. The molecule has 3 aromatic carbocycles. The predicted molar refractivity (Wildman–Crippen MR) is 163 cm³/mol. The van der Waals surface area contributed by atoms with Gasteiger partial charge in [0.05, 0.1) is 16.7 Å². The van der Waals surface area contributed by atoms with Gasteiger partial charge in [-0.1, -0.05) is 23.5 Å². The molecule has 1 aliphatic heterocycles. The van der Waals surface area contributed by atoms with Gasteiger partial charge in [-0.25, -0.2) is 17.8 Å². The first-order valence-electron chi connectivity index (χ1n) is 12.8. The van der Waals surface area contributed by atoms with E-state index < -0.39 is 15.8 Å². The second-order valence-corrected chi connectivity index (χ2v) is 12.1. The molecule has 4 aromatic rings. The van der Waals surface area contributed by atoms with E-state index in [2.05, 4.69) is 32.8 Å². The minimum Gasteiger partial charge on any atom is -0.494 e. The van der Waals surface area contributed by atoms with Crippen molar-refractivity contribution < 1.29 is 22.3 Å². The number of aryl methyl sites for hydroxylation is 1.